The smallest absolute Gasteiger partial charge is 0.185 e. The van der Waals surface area contributed by atoms with E-state index in [0.29, 0.717) is 5.92 Å². The molecule has 20 heavy (non-hydrogen) atoms. The molecule has 4 heteroatoms. The number of nitrogens with one attached hydrogen (secondary N) is 1. The van der Waals surface area contributed by atoms with E-state index in [0.717, 1.165) is 12.6 Å². The summed E-state index contributed by atoms with van der Waals surface area (Å²) in [6, 6.07) is 0.777. The minimum atomic E-state index is 0.531. The Morgan fingerprint density at radius 3 is 2.50 bits per heavy atom. The van der Waals surface area contributed by atoms with E-state index in [1.165, 1.54) is 67.3 Å². The average molecular weight is 293 g/mol. The fraction of sp³-hybridized carbons (Fsp3) is 0.812. The van der Waals surface area contributed by atoms with Crippen molar-refractivity contribution in [1.29, 1.82) is 0 Å². The number of aromatic nitrogens is 1. The summed E-state index contributed by atoms with van der Waals surface area (Å²) in [6.07, 6.45) is 8.13. The van der Waals surface area contributed by atoms with E-state index in [1.807, 2.05) is 11.3 Å². The first-order chi connectivity index (χ1) is 9.74. The zero-order chi connectivity index (χ0) is 13.9. The molecule has 0 unspecified atom stereocenters. The molecule has 1 N–H and O–H groups in total. The molecule has 0 spiro atoms. The predicted molar refractivity (Wildman–Crippen MR) is 86.7 cm³/mol. The first kappa shape index (κ1) is 14.3. The molecular weight excluding hydrogens is 266 g/mol. The number of rotatable bonds is 5. The van der Waals surface area contributed by atoms with Gasteiger partial charge in [0.1, 0.15) is 0 Å². The van der Waals surface area contributed by atoms with Gasteiger partial charge in [0.2, 0.25) is 0 Å². The second-order valence-electron chi connectivity index (χ2n) is 6.52. The quantitative estimate of drug-likeness (QED) is 0.892. The summed E-state index contributed by atoms with van der Waals surface area (Å²) in [7, 11) is 0. The molecule has 1 saturated heterocycles. The maximum Gasteiger partial charge on any atom is 0.185 e. The first-order valence-electron chi connectivity index (χ1n) is 8.22. The van der Waals surface area contributed by atoms with E-state index < -0.39 is 0 Å². The molecule has 0 bridgehead atoms. The monoisotopic (exact) mass is 293 g/mol. The zero-order valence-electron chi connectivity index (χ0n) is 12.8. The van der Waals surface area contributed by atoms with Crippen molar-refractivity contribution in [3.63, 3.8) is 0 Å². The normalized spacial score (nSPS) is 20.4. The van der Waals surface area contributed by atoms with E-state index in [1.54, 1.807) is 0 Å². The Hall–Kier alpha value is -0.610. The number of thiazole rings is 1. The molecule has 1 aliphatic carbocycles. The van der Waals surface area contributed by atoms with Crippen LogP contribution >= 0.6 is 11.3 Å². The summed E-state index contributed by atoms with van der Waals surface area (Å²) in [5.41, 5.74) is 1.32. The summed E-state index contributed by atoms with van der Waals surface area (Å²) in [5.74, 6) is 0.531. The van der Waals surface area contributed by atoms with Gasteiger partial charge in [-0.3, -0.25) is 0 Å². The highest BCUT2D eigenvalue weighted by atomic mass is 32.1. The van der Waals surface area contributed by atoms with Crippen LogP contribution in [0.2, 0.25) is 0 Å². The topological polar surface area (TPSA) is 28.2 Å². The second kappa shape index (κ2) is 6.44. The van der Waals surface area contributed by atoms with Crippen LogP contribution in [0.25, 0.3) is 0 Å². The van der Waals surface area contributed by atoms with Gasteiger partial charge in [-0.15, -0.1) is 11.3 Å². The Balaban J connectivity index is 1.73. The van der Waals surface area contributed by atoms with Gasteiger partial charge in [-0.2, -0.15) is 0 Å². The summed E-state index contributed by atoms with van der Waals surface area (Å²) >= 11 is 1.93. The van der Waals surface area contributed by atoms with Gasteiger partial charge < -0.3 is 10.2 Å². The van der Waals surface area contributed by atoms with E-state index in [4.69, 9.17) is 4.98 Å². The van der Waals surface area contributed by atoms with Gasteiger partial charge in [0.25, 0.3) is 0 Å². The molecule has 0 radical (unpaired) electrons. The average Bonchev–Trinajstić information content (AvgIpc) is 3.21. The molecule has 0 atom stereocenters. The highest BCUT2D eigenvalue weighted by molar-refractivity contribution is 7.15. The number of nitrogens with zero attached hydrogens (tertiary/aromatic N) is 2. The lowest BCUT2D eigenvalue weighted by molar-refractivity contribution is 0.680. The van der Waals surface area contributed by atoms with Crippen LogP contribution in [-0.2, 0) is 6.54 Å². The van der Waals surface area contributed by atoms with Crippen LogP contribution in [0.15, 0.2) is 0 Å². The van der Waals surface area contributed by atoms with Crippen molar-refractivity contribution < 1.29 is 0 Å². The van der Waals surface area contributed by atoms with Crippen molar-refractivity contribution >= 4 is 16.5 Å². The van der Waals surface area contributed by atoms with E-state index in [2.05, 4.69) is 24.1 Å². The zero-order valence-corrected chi connectivity index (χ0v) is 13.6. The summed E-state index contributed by atoms with van der Waals surface area (Å²) in [5, 5.41) is 4.92. The van der Waals surface area contributed by atoms with Gasteiger partial charge in [0.05, 0.1) is 5.69 Å². The summed E-state index contributed by atoms with van der Waals surface area (Å²) in [6.45, 7) is 7.94. The minimum Gasteiger partial charge on any atom is -0.348 e. The molecule has 1 saturated carbocycles. The van der Waals surface area contributed by atoms with Crippen molar-refractivity contribution in [2.75, 3.05) is 18.0 Å². The van der Waals surface area contributed by atoms with Crippen molar-refractivity contribution in [1.82, 2.24) is 10.3 Å². The molecule has 1 aliphatic heterocycles. The van der Waals surface area contributed by atoms with Crippen molar-refractivity contribution in [3.05, 3.63) is 10.6 Å². The largest absolute Gasteiger partial charge is 0.348 e. The van der Waals surface area contributed by atoms with Gasteiger partial charge in [-0.05, 0) is 31.6 Å². The third-order valence-electron chi connectivity index (χ3n) is 4.27. The highest BCUT2D eigenvalue weighted by Crippen LogP contribution is 2.32. The van der Waals surface area contributed by atoms with Gasteiger partial charge >= 0.3 is 0 Å². The molecule has 3 rings (SSSR count). The lowest BCUT2D eigenvalue weighted by Gasteiger charge is -2.18. The van der Waals surface area contributed by atoms with Crippen LogP contribution in [0, 0.1) is 0 Å². The molecule has 0 amide bonds. The Morgan fingerprint density at radius 1 is 1.20 bits per heavy atom. The molecule has 2 heterocycles. The lowest BCUT2D eigenvalue weighted by Crippen LogP contribution is -2.23. The molecule has 2 aliphatic rings. The van der Waals surface area contributed by atoms with Gasteiger partial charge in [0.15, 0.2) is 5.13 Å². The second-order valence-corrected chi connectivity index (χ2v) is 7.58. The minimum absolute atomic E-state index is 0.531. The molecule has 3 nitrogen and oxygen atoms in total. The molecule has 2 fully saturated rings. The predicted octanol–water partition coefficient (Wildman–Crippen LogP) is 3.90. The van der Waals surface area contributed by atoms with E-state index in [-0.39, 0.29) is 0 Å². The highest BCUT2D eigenvalue weighted by Gasteiger charge is 2.23. The maximum atomic E-state index is 4.98. The number of anilines is 1. The van der Waals surface area contributed by atoms with Gasteiger partial charge in [-0.1, -0.05) is 26.7 Å². The molecule has 1 aromatic heterocycles. The fourth-order valence-electron chi connectivity index (χ4n) is 2.85. The van der Waals surface area contributed by atoms with Gasteiger partial charge in [-0.25, -0.2) is 4.98 Å². The fourth-order valence-corrected chi connectivity index (χ4v) is 4.07. The van der Waals surface area contributed by atoms with Gasteiger partial charge in [0, 0.05) is 30.6 Å². The Labute approximate surface area is 126 Å². The lowest BCUT2D eigenvalue weighted by atomic mass is 10.1. The SMILES string of the molecule is CC(C)c1nc(N2CCCCCC2)sc1CNC1CC1. The van der Waals surface area contributed by atoms with Crippen LogP contribution in [0.3, 0.4) is 0 Å². The van der Waals surface area contributed by atoms with Crippen LogP contribution in [0.4, 0.5) is 5.13 Å². The van der Waals surface area contributed by atoms with Crippen LogP contribution < -0.4 is 10.2 Å². The summed E-state index contributed by atoms with van der Waals surface area (Å²) < 4.78 is 0. The Kier molecular flexibility index (Phi) is 4.61. The standard InChI is InChI=1S/C16H27N3S/c1-12(2)15-14(11-17-13-7-8-13)20-16(18-15)19-9-5-3-4-6-10-19/h12-13,17H,3-11H2,1-2H3. The third-order valence-corrected chi connectivity index (χ3v) is 5.40. The molecule has 112 valence electrons. The van der Waals surface area contributed by atoms with Crippen molar-refractivity contribution in [2.24, 2.45) is 0 Å². The Bertz CT molecular complexity index is 429. The van der Waals surface area contributed by atoms with Crippen molar-refractivity contribution in [2.45, 2.75) is 70.9 Å². The first-order valence-corrected chi connectivity index (χ1v) is 9.03. The molecule has 1 aromatic rings. The van der Waals surface area contributed by atoms with Crippen LogP contribution in [0.5, 0.6) is 0 Å². The number of hydrogen-bond donors (Lipinski definition) is 1. The molecule has 0 aromatic carbocycles. The van der Waals surface area contributed by atoms with Crippen LogP contribution in [-0.4, -0.2) is 24.1 Å². The Morgan fingerprint density at radius 2 is 1.90 bits per heavy atom. The number of hydrogen-bond acceptors (Lipinski definition) is 4. The third kappa shape index (κ3) is 3.53. The van der Waals surface area contributed by atoms with Crippen LogP contribution in [0.1, 0.15) is 68.9 Å². The van der Waals surface area contributed by atoms with E-state index >= 15 is 0 Å². The summed E-state index contributed by atoms with van der Waals surface area (Å²) in [4.78, 5) is 8.96. The van der Waals surface area contributed by atoms with Crippen molar-refractivity contribution in [3.8, 4) is 0 Å². The molecular formula is C16H27N3S. The maximum absolute atomic E-state index is 4.98. The van der Waals surface area contributed by atoms with E-state index in [9.17, 15) is 0 Å².